The van der Waals surface area contributed by atoms with E-state index in [9.17, 15) is 9.59 Å². The maximum absolute atomic E-state index is 14.5. The number of nitrogens with one attached hydrogen (secondary N) is 1. The fourth-order valence-electron chi connectivity index (χ4n) is 8.91. The average molecular weight is 484 g/mol. The third-order valence-corrected chi connectivity index (χ3v) is 11.3. The van der Waals surface area contributed by atoms with Crippen molar-refractivity contribution in [3.63, 3.8) is 0 Å². The van der Waals surface area contributed by atoms with Gasteiger partial charge in [-0.15, -0.1) is 0 Å². The van der Waals surface area contributed by atoms with E-state index in [2.05, 4.69) is 29.6 Å². The molecule has 3 aliphatic heterocycles. The first kappa shape index (κ1) is 20.7. The number of carbonyl (C=O) groups is 2. The highest BCUT2D eigenvalue weighted by Crippen LogP contribution is 2.63. The Morgan fingerprint density at radius 1 is 0.829 bits per heavy atom. The standard InChI is InChI=1S/C29H29N3O2S/c33-25-22-23(26(34)32(25)28-14-17-11-18(15-28)13-19(12-17)16-28)30-27-29(22,21-9-5-2-6-10-21)35-24(31-27)20-7-3-1-4-8-20/h1-10,17-19,22-23,27,30H,11-16H2/t17?,18?,19?,22-,23+,27?,28?,29+/m1/s1. The molecule has 4 bridgehead atoms. The van der Waals surface area contributed by atoms with Crippen LogP contribution in [0.25, 0.3) is 0 Å². The van der Waals surface area contributed by atoms with Crippen LogP contribution in [0.1, 0.15) is 49.7 Å². The number of nitrogens with zero attached hydrogens (tertiary/aromatic N) is 2. The highest BCUT2D eigenvalue weighted by atomic mass is 32.2. The van der Waals surface area contributed by atoms with Crippen LogP contribution in [0.5, 0.6) is 0 Å². The number of imide groups is 1. The summed E-state index contributed by atoms with van der Waals surface area (Å²) in [6, 6.07) is 20.0. The molecule has 2 amide bonds. The van der Waals surface area contributed by atoms with E-state index in [1.165, 1.54) is 19.3 Å². The molecule has 0 spiro atoms. The first-order valence-corrected chi connectivity index (χ1v) is 13.9. The zero-order chi connectivity index (χ0) is 23.4. The molecule has 178 valence electrons. The van der Waals surface area contributed by atoms with E-state index >= 15 is 0 Å². The van der Waals surface area contributed by atoms with Gasteiger partial charge in [-0.3, -0.25) is 24.8 Å². The molecule has 35 heavy (non-hydrogen) atoms. The summed E-state index contributed by atoms with van der Waals surface area (Å²) < 4.78 is -0.610. The van der Waals surface area contributed by atoms with E-state index in [-0.39, 0.29) is 23.5 Å². The molecule has 4 saturated carbocycles. The minimum absolute atomic E-state index is 0.00344. The lowest BCUT2D eigenvalue weighted by Crippen LogP contribution is -2.63. The molecule has 9 rings (SSSR count). The van der Waals surface area contributed by atoms with E-state index < -0.39 is 16.7 Å². The summed E-state index contributed by atoms with van der Waals surface area (Å²) in [5.74, 6) is 1.65. The molecule has 5 nitrogen and oxygen atoms in total. The van der Waals surface area contributed by atoms with Gasteiger partial charge < -0.3 is 0 Å². The van der Waals surface area contributed by atoms with E-state index in [1.54, 1.807) is 16.7 Å². The third kappa shape index (κ3) is 2.67. The number of aliphatic imine (C=N–C) groups is 1. The van der Waals surface area contributed by atoms with Gasteiger partial charge in [-0.2, -0.15) is 0 Å². The summed E-state index contributed by atoms with van der Waals surface area (Å²) in [5, 5.41) is 4.52. The molecule has 2 aromatic carbocycles. The van der Waals surface area contributed by atoms with Crippen LogP contribution in [0.15, 0.2) is 65.7 Å². The minimum Gasteiger partial charge on any atom is -0.282 e. The highest BCUT2D eigenvalue weighted by molar-refractivity contribution is 8.15. The van der Waals surface area contributed by atoms with Gasteiger partial charge in [0.15, 0.2) is 0 Å². The van der Waals surface area contributed by atoms with Crippen molar-refractivity contribution in [2.75, 3.05) is 0 Å². The molecule has 4 atom stereocenters. The van der Waals surface area contributed by atoms with Gasteiger partial charge >= 0.3 is 0 Å². The second kappa shape index (κ2) is 7.07. The van der Waals surface area contributed by atoms with Crippen LogP contribution < -0.4 is 5.32 Å². The summed E-state index contributed by atoms with van der Waals surface area (Å²) in [6.45, 7) is 0. The normalized spacial score (nSPS) is 43.0. The molecule has 6 heteroatoms. The van der Waals surface area contributed by atoms with Crippen LogP contribution in [0.2, 0.25) is 0 Å². The van der Waals surface area contributed by atoms with Crippen molar-refractivity contribution in [3.8, 4) is 0 Å². The molecule has 7 aliphatic rings. The Bertz CT molecular complexity index is 1230. The summed E-state index contributed by atoms with van der Waals surface area (Å²) in [7, 11) is 0. The van der Waals surface area contributed by atoms with Gasteiger partial charge in [0.25, 0.3) is 0 Å². The summed E-state index contributed by atoms with van der Waals surface area (Å²) in [6.07, 6.45) is 6.61. The minimum atomic E-state index is -0.610. The van der Waals surface area contributed by atoms with Gasteiger partial charge in [0.1, 0.15) is 17.3 Å². The zero-order valence-electron chi connectivity index (χ0n) is 19.6. The van der Waals surface area contributed by atoms with Gasteiger partial charge in [0.2, 0.25) is 11.8 Å². The molecule has 6 fully saturated rings. The SMILES string of the molecule is O=C1[C@H]2NC3N=C(c4ccccc4)S[C@@]3(c3ccccc3)[C@H]2C(=O)N1C12CC3CC(CC(C3)C1)C2. The van der Waals surface area contributed by atoms with Crippen LogP contribution in [-0.4, -0.2) is 39.5 Å². The maximum Gasteiger partial charge on any atom is 0.247 e. The smallest absolute Gasteiger partial charge is 0.247 e. The first-order valence-electron chi connectivity index (χ1n) is 13.1. The van der Waals surface area contributed by atoms with Crippen molar-refractivity contribution in [2.45, 2.75) is 61.0 Å². The fraction of sp³-hybridized carbons (Fsp3) is 0.483. The van der Waals surface area contributed by atoms with Crippen LogP contribution in [-0.2, 0) is 14.3 Å². The molecule has 2 saturated heterocycles. The third-order valence-electron chi connectivity index (χ3n) is 9.75. The summed E-state index contributed by atoms with van der Waals surface area (Å²) >= 11 is 1.68. The zero-order valence-corrected chi connectivity index (χ0v) is 20.4. The van der Waals surface area contributed by atoms with Crippen molar-refractivity contribution in [1.82, 2.24) is 10.2 Å². The lowest BCUT2D eigenvalue weighted by atomic mass is 9.52. The van der Waals surface area contributed by atoms with Crippen molar-refractivity contribution < 1.29 is 9.59 Å². The quantitative estimate of drug-likeness (QED) is 0.661. The van der Waals surface area contributed by atoms with Crippen LogP contribution in [0.3, 0.4) is 0 Å². The van der Waals surface area contributed by atoms with Crippen molar-refractivity contribution >= 4 is 28.6 Å². The predicted octanol–water partition coefficient (Wildman–Crippen LogP) is 4.33. The predicted molar refractivity (Wildman–Crippen MR) is 136 cm³/mol. The van der Waals surface area contributed by atoms with E-state index in [0.717, 1.165) is 35.4 Å². The number of carbonyl (C=O) groups excluding carboxylic acids is 2. The van der Waals surface area contributed by atoms with E-state index in [4.69, 9.17) is 4.99 Å². The molecular weight excluding hydrogens is 454 g/mol. The van der Waals surface area contributed by atoms with Gasteiger partial charge in [0.05, 0.1) is 16.2 Å². The number of rotatable bonds is 3. The van der Waals surface area contributed by atoms with Crippen LogP contribution in [0.4, 0.5) is 0 Å². The number of fused-ring (bicyclic) bond motifs is 3. The number of amides is 2. The fourth-order valence-corrected chi connectivity index (χ4v) is 10.5. The Morgan fingerprint density at radius 2 is 1.43 bits per heavy atom. The topological polar surface area (TPSA) is 61.8 Å². The Hall–Kier alpha value is -2.44. The largest absolute Gasteiger partial charge is 0.282 e. The Labute approximate surface area is 209 Å². The highest BCUT2D eigenvalue weighted by Gasteiger charge is 2.72. The number of likely N-dealkylation sites (tertiary alicyclic amines) is 1. The van der Waals surface area contributed by atoms with Crippen LogP contribution in [0, 0.1) is 23.7 Å². The number of thioether (sulfide) groups is 1. The van der Waals surface area contributed by atoms with Gasteiger partial charge in [-0.1, -0.05) is 72.4 Å². The van der Waals surface area contributed by atoms with Crippen LogP contribution >= 0.6 is 11.8 Å². The second-order valence-electron chi connectivity index (χ2n) is 11.7. The maximum atomic E-state index is 14.5. The first-order chi connectivity index (χ1) is 17.1. The van der Waals surface area contributed by atoms with Gasteiger partial charge in [-0.25, -0.2) is 0 Å². The van der Waals surface area contributed by atoms with Gasteiger partial charge in [-0.05, 0) is 61.8 Å². The molecule has 0 radical (unpaired) electrons. The lowest BCUT2D eigenvalue weighted by Gasteiger charge is -2.59. The Kier molecular flexibility index (Phi) is 4.19. The monoisotopic (exact) mass is 483 g/mol. The molecular formula is C29H29N3O2S. The molecule has 1 unspecified atom stereocenters. The van der Waals surface area contributed by atoms with Crippen molar-refractivity contribution in [1.29, 1.82) is 0 Å². The molecule has 4 aliphatic carbocycles. The molecule has 3 heterocycles. The molecule has 0 aromatic heterocycles. The van der Waals surface area contributed by atoms with Crippen molar-refractivity contribution in [3.05, 3.63) is 71.8 Å². The van der Waals surface area contributed by atoms with E-state index in [0.29, 0.717) is 17.8 Å². The van der Waals surface area contributed by atoms with E-state index in [1.807, 2.05) is 36.4 Å². The van der Waals surface area contributed by atoms with Crippen molar-refractivity contribution in [2.24, 2.45) is 28.7 Å². The number of hydrogen-bond acceptors (Lipinski definition) is 5. The second-order valence-corrected chi connectivity index (χ2v) is 13.0. The Morgan fingerprint density at radius 3 is 2.06 bits per heavy atom. The average Bonchev–Trinajstić information content (AvgIpc) is 3.46. The lowest BCUT2D eigenvalue weighted by molar-refractivity contribution is -0.159. The van der Waals surface area contributed by atoms with Gasteiger partial charge in [0, 0.05) is 5.56 Å². The summed E-state index contributed by atoms with van der Waals surface area (Å²) in [4.78, 5) is 35.4. The molecule has 2 aromatic rings. The Balaban J connectivity index is 1.22. The molecule has 1 N–H and O–H groups in total. The summed E-state index contributed by atoms with van der Waals surface area (Å²) in [5.41, 5.74) is 1.89. The number of benzene rings is 2. The number of hydrogen-bond donors (Lipinski definition) is 1.